The summed E-state index contributed by atoms with van der Waals surface area (Å²) in [5, 5.41) is 0. The molecular weight excluding hydrogens is 178 g/mol. The van der Waals surface area contributed by atoms with Gasteiger partial charge < -0.3 is 4.74 Å². The highest BCUT2D eigenvalue weighted by Crippen LogP contribution is 2.23. The molecule has 1 aliphatic heterocycles. The van der Waals surface area contributed by atoms with Gasteiger partial charge in [-0.2, -0.15) is 0 Å². The van der Waals surface area contributed by atoms with Crippen LogP contribution in [0.15, 0.2) is 0 Å². The molecule has 82 valence electrons. The van der Waals surface area contributed by atoms with E-state index in [9.17, 15) is 4.79 Å². The van der Waals surface area contributed by atoms with Gasteiger partial charge in [-0.3, -0.25) is 9.69 Å². The summed E-state index contributed by atoms with van der Waals surface area (Å²) in [6.07, 6.45) is 2.00. The summed E-state index contributed by atoms with van der Waals surface area (Å²) < 4.78 is 5.34. The molecule has 1 fully saturated rings. The molecule has 1 unspecified atom stereocenters. The molecule has 0 bridgehead atoms. The molecule has 0 N–H and O–H groups in total. The van der Waals surface area contributed by atoms with Crippen LogP contribution in [-0.4, -0.2) is 43.5 Å². The van der Waals surface area contributed by atoms with Crippen LogP contribution >= 0.6 is 0 Å². The lowest BCUT2D eigenvalue weighted by atomic mass is 9.85. The SMILES string of the molecule is CN(C)C(C)(C)C(=O)C1CCCOC1. The number of ketones is 1. The number of carbonyl (C=O) groups is 1. The Bertz CT molecular complexity index is 205. The van der Waals surface area contributed by atoms with Crippen LogP contribution in [0.4, 0.5) is 0 Å². The third kappa shape index (κ3) is 2.34. The Labute approximate surface area is 86.4 Å². The van der Waals surface area contributed by atoms with Crippen LogP contribution in [0, 0.1) is 5.92 Å². The molecule has 1 saturated heterocycles. The summed E-state index contributed by atoms with van der Waals surface area (Å²) >= 11 is 0. The van der Waals surface area contributed by atoms with Crippen LogP contribution in [0.3, 0.4) is 0 Å². The number of Topliss-reactive ketones (excluding diaryl/α,β-unsaturated/α-hetero) is 1. The van der Waals surface area contributed by atoms with E-state index in [2.05, 4.69) is 0 Å². The molecule has 1 atom stereocenters. The van der Waals surface area contributed by atoms with Crippen molar-refractivity contribution in [2.75, 3.05) is 27.3 Å². The van der Waals surface area contributed by atoms with Crippen molar-refractivity contribution in [1.29, 1.82) is 0 Å². The zero-order chi connectivity index (χ0) is 10.8. The Balaban J connectivity index is 2.63. The standard InChI is InChI=1S/C11H21NO2/c1-11(2,12(3)4)10(13)9-6-5-7-14-8-9/h9H,5-8H2,1-4H3. The fourth-order valence-electron chi connectivity index (χ4n) is 1.67. The molecule has 0 aromatic carbocycles. The molecule has 1 aliphatic rings. The van der Waals surface area contributed by atoms with Gasteiger partial charge in [0.05, 0.1) is 12.1 Å². The van der Waals surface area contributed by atoms with Gasteiger partial charge in [0.2, 0.25) is 0 Å². The molecule has 0 aromatic heterocycles. The summed E-state index contributed by atoms with van der Waals surface area (Å²) in [6, 6.07) is 0. The molecule has 0 radical (unpaired) electrons. The second-order valence-corrected chi connectivity index (χ2v) is 4.73. The van der Waals surface area contributed by atoms with Crippen molar-refractivity contribution in [3.63, 3.8) is 0 Å². The van der Waals surface area contributed by atoms with Gasteiger partial charge in [-0.05, 0) is 40.8 Å². The maximum atomic E-state index is 12.1. The Kier molecular flexibility index (Phi) is 3.67. The molecule has 14 heavy (non-hydrogen) atoms. The Morgan fingerprint density at radius 1 is 1.43 bits per heavy atom. The number of hydrogen-bond acceptors (Lipinski definition) is 3. The minimum absolute atomic E-state index is 0.0983. The highest BCUT2D eigenvalue weighted by molar-refractivity contribution is 5.89. The summed E-state index contributed by atoms with van der Waals surface area (Å²) in [5.74, 6) is 0.406. The molecule has 1 heterocycles. The zero-order valence-corrected chi connectivity index (χ0v) is 9.67. The summed E-state index contributed by atoms with van der Waals surface area (Å²) in [7, 11) is 3.89. The van der Waals surface area contributed by atoms with E-state index < -0.39 is 0 Å². The highest BCUT2D eigenvalue weighted by Gasteiger charge is 2.36. The predicted octanol–water partition coefficient (Wildman–Crippen LogP) is 1.32. The molecule has 1 rings (SSSR count). The average Bonchev–Trinajstić information content (AvgIpc) is 2.17. The van der Waals surface area contributed by atoms with Gasteiger partial charge in [-0.15, -0.1) is 0 Å². The minimum atomic E-state index is -0.370. The first-order valence-electron chi connectivity index (χ1n) is 5.25. The number of rotatable bonds is 3. The first kappa shape index (κ1) is 11.7. The maximum absolute atomic E-state index is 12.1. The van der Waals surface area contributed by atoms with Gasteiger partial charge >= 0.3 is 0 Å². The highest BCUT2D eigenvalue weighted by atomic mass is 16.5. The van der Waals surface area contributed by atoms with E-state index in [0.717, 1.165) is 19.4 Å². The second kappa shape index (κ2) is 4.41. The average molecular weight is 199 g/mol. The van der Waals surface area contributed by atoms with Crippen molar-refractivity contribution in [2.24, 2.45) is 5.92 Å². The van der Waals surface area contributed by atoms with E-state index in [1.165, 1.54) is 0 Å². The van der Waals surface area contributed by atoms with Gasteiger partial charge in [0, 0.05) is 12.5 Å². The summed E-state index contributed by atoms with van der Waals surface area (Å²) in [6.45, 7) is 5.37. The predicted molar refractivity (Wildman–Crippen MR) is 56.3 cm³/mol. The molecule has 0 spiro atoms. The van der Waals surface area contributed by atoms with E-state index in [4.69, 9.17) is 4.74 Å². The van der Waals surface area contributed by atoms with E-state index in [1.54, 1.807) is 0 Å². The third-order valence-corrected chi connectivity index (χ3v) is 3.25. The molecule has 0 amide bonds. The Morgan fingerprint density at radius 3 is 2.50 bits per heavy atom. The van der Waals surface area contributed by atoms with Gasteiger partial charge in [0.15, 0.2) is 5.78 Å². The smallest absolute Gasteiger partial charge is 0.157 e. The first-order valence-corrected chi connectivity index (χ1v) is 5.25. The topological polar surface area (TPSA) is 29.5 Å². The van der Waals surface area contributed by atoms with Crippen molar-refractivity contribution in [3.05, 3.63) is 0 Å². The van der Waals surface area contributed by atoms with Crippen LogP contribution in [0.5, 0.6) is 0 Å². The monoisotopic (exact) mass is 199 g/mol. The van der Waals surface area contributed by atoms with Crippen LogP contribution in [0.2, 0.25) is 0 Å². The lowest BCUT2D eigenvalue weighted by molar-refractivity contribution is -0.136. The first-order chi connectivity index (χ1) is 6.46. The minimum Gasteiger partial charge on any atom is -0.381 e. The van der Waals surface area contributed by atoms with Crippen molar-refractivity contribution in [3.8, 4) is 0 Å². The zero-order valence-electron chi connectivity index (χ0n) is 9.67. The van der Waals surface area contributed by atoms with Gasteiger partial charge in [-0.25, -0.2) is 0 Å². The van der Waals surface area contributed by atoms with Crippen LogP contribution in [0.25, 0.3) is 0 Å². The maximum Gasteiger partial charge on any atom is 0.157 e. The number of likely N-dealkylation sites (N-methyl/N-ethyl adjacent to an activating group) is 1. The van der Waals surface area contributed by atoms with Crippen LogP contribution in [-0.2, 0) is 9.53 Å². The van der Waals surface area contributed by atoms with Crippen LogP contribution in [0.1, 0.15) is 26.7 Å². The largest absolute Gasteiger partial charge is 0.381 e. The Hall–Kier alpha value is -0.410. The van der Waals surface area contributed by atoms with Gasteiger partial charge in [0.25, 0.3) is 0 Å². The van der Waals surface area contributed by atoms with E-state index in [0.29, 0.717) is 12.4 Å². The third-order valence-electron chi connectivity index (χ3n) is 3.25. The molecule has 3 nitrogen and oxygen atoms in total. The number of carbonyl (C=O) groups excluding carboxylic acids is 1. The lowest BCUT2D eigenvalue weighted by Crippen LogP contribution is -2.50. The normalized spacial score (nSPS) is 23.9. The number of nitrogens with zero attached hydrogens (tertiary/aromatic N) is 1. The van der Waals surface area contributed by atoms with E-state index in [1.807, 2.05) is 32.8 Å². The number of ether oxygens (including phenoxy) is 1. The van der Waals surface area contributed by atoms with Crippen molar-refractivity contribution in [2.45, 2.75) is 32.2 Å². The van der Waals surface area contributed by atoms with Crippen molar-refractivity contribution >= 4 is 5.78 Å². The summed E-state index contributed by atoms with van der Waals surface area (Å²) in [5.41, 5.74) is -0.370. The van der Waals surface area contributed by atoms with E-state index >= 15 is 0 Å². The Morgan fingerprint density at radius 2 is 2.07 bits per heavy atom. The summed E-state index contributed by atoms with van der Waals surface area (Å²) in [4.78, 5) is 14.1. The molecule has 0 saturated carbocycles. The van der Waals surface area contributed by atoms with Crippen LogP contribution < -0.4 is 0 Å². The van der Waals surface area contributed by atoms with Gasteiger partial charge in [-0.1, -0.05) is 0 Å². The molecule has 0 aliphatic carbocycles. The fourth-order valence-corrected chi connectivity index (χ4v) is 1.67. The second-order valence-electron chi connectivity index (χ2n) is 4.73. The fraction of sp³-hybridized carbons (Fsp3) is 0.909. The quantitative estimate of drug-likeness (QED) is 0.686. The van der Waals surface area contributed by atoms with Gasteiger partial charge in [0.1, 0.15) is 0 Å². The molecule has 0 aromatic rings. The number of hydrogen-bond donors (Lipinski definition) is 0. The van der Waals surface area contributed by atoms with E-state index in [-0.39, 0.29) is 11.5 Å². The molecule has 3 heteroatoms. The molecular formula is C11H21NO2. The van der Waals surface area contributed by atoms with Crippen molar-refractivity contribution in [1.82, 2.24) is 4.90 Å². The van der Waals surface area contributed by atoms with Crippen molar-refractivity contribution < 1.29 is 9.53 Å². The lowest BCUT2D eigenvalue weighted by Gasteiger charge is -2.35.